The van der Waals surface area contributed by atoms with E-state index in [9.17, 15) is 9.13 Å². The summed E-state index contributed by atoms with van der Waals surface area (Å²) in [5, 5.41) is 8.59. The third-order valence-electron chi connectivity index (χ3n) is 2.94. The Morgan fingerprint density at radius 1 is 0.714 bits per heavy atom. The van der Waals surface area contributed by atoms with Gasteiger partial charge in [-0.2, -0.15) is 0 Å². The van der Waals surface area contributed by atoms with Crippen LogP contribution in [0.25, 0.3) is 0 Å². The van der Waals surface area contributed by atoms with E-state index in [4.69, 9.17) is 14.9 Å². The van der Waals surface area contributed by atoms with Gasteiger partial charge in [-0.3, -0.25) is 9.13 Å². The maximum absolute atomic E-state index is 9.44. The predicted molar refractivity (Wildman–Crippen MR) is 87.1 cm³/mol. The molecule has 0 radical (unpaired) electrons. The second-order valence-corrected chi connectivity index (χ2v) is 6.77. The minimum absolute atomic E-state index is 0.372. The van der Waals surface area contributed by atoms with Gasteiger partial charge in [0.15, 0.2) is 0 Å². The van der Waals surface area contributed by atoms with E-state index in [2.05, 4.69) is 11.2 Å². The highest BCUT2D eigenvalue weighted by Crippen LogP contribution is 2.30. The molecule has 0 rings (SSSR count). The van der Waals surface area contributed by atoms with Crippen molar-refractivity contribution in [3.05, 3.63) is 0 Å². The molecule has 21 heavy (non-hydrogen) atoms. The lowest BCUT2D eigenvalue weighted by molar-refractivity contribution is 0.282. The highest BCUT2D eigenvalue weighted by atomic mass is 31.2. The van der Waals surface area contributed by atoms with Crippen molar-refractivity contribution in [1.82, 2.24) is 0 Å². The SMILES string of the molecule is CCCCCCCCCCCCCO.O=[PH](O)O[PH](=O)O. The number of aliphatic hydroxyl groups is 1. The van der Waals surface area contributed by atoms with Crippen LogP contribution in [-0.4, -0.2) is 21.5 Å². The van der Waals surface area contributed by atoms with Crippen molar-refractivity contribution in [3.8, 4) is 0 Å². The van der Waals surface area contributed by atoms with Gasteiger partial charge in [-0.05, 0) is 6.42 Å². The zero-order valence-electron chi connectivity index (χ0n) is 13.1. The van der Waals surface area contributed by atoms with Gasteiger partial charge in [-0.15, -0.1) is 0 Å². The van der Waals surface area contributed by atoms with Crippen LogP contribution >= 0.6 is 16.5 Å². The molecule has 0 aromatic rings. The molecule has 3 N–H and O–H groups in total. The van der Waals surface area contributed by atoms with E-state index < -0.39 is 16.5 Å². The molecule has 0 heterocycles. The summed E-state index contributed by atoms with van der Waals surface area (Å²) < 4.78 is 22.3. The summed E-state index contributed by atoms with van der Waals surface area (Å²) in [6, 6.07) is 0. The minimum Gasteiger partial charge on any atom is -0.396 e. The Balaban J connectivity index is 0. The molecule has 0 aliphatic carbocycles. The van der Waals surface area contributed by atoms with Crippen LogP contribution in [0.3, 0.4) is 0 Å². The largest absolute Gasteiger partial charge is 0.396 e. The molecular formula is C13H32O6P2. The average molecular weight is 346 g/mol. The molecule has 0 saturated heterocycles. The second kappa shape index (κ2) is 20.3. The highest BCUT2D eigenvalue weighted by molar-refractivity contribution is 7.46. The smallest absolute Gasteiger partial charge is 0.323 e. The molecule has 2 atom stereocenters. The van der Waals surface area contributed by atoms with E-state index in [0.29, 0.717) is 6.61 Å². The molecule has 0 saturated carbocycles. The maximum Gasteiger partial charge on any atom is 0.323 e. The second-order valence-electron chi connectivity index (χ2n) is 4.89. The van der Waals surface area contributed by atoms with Crippen LogP contribution in [0.5, 0.6) is 0 Å². The summed E-state index contributed by atoms with van der Waals surface area (Å²) in [6.07, 6.45) is 14.8. The Morgan fingerprint density at radius 3 is 1.29 bits per heavy atom. The molecule has 0 aromatic heterocycles. The Morgan fingerprint density at radius 2 is 1.05 bits per heavy atom. The Labute approximate surface area is 129 Å². The lowest BCUT2D eigenvalue weighted by atomic mass is 10.1. The van der Waals surface area contributed by atoms with E-state index >= 15 is 0 Å². The first kappa shape index (κ1) is 23.6. The first-order chi connectivity index (χ1) is 10.0. The summed E-state index contributed by atoms with van der Waals surface area (Å²) in [5.41, 5.74) is 0. The van der Waals surface area contributed by atoms with Crippen molar-refractivity contribution in [2.75, 3.05) is 6.61 Å². The summed E-state index contributed by atoms with van der Waals surface area (Å²) in [4.78, 5) is 15.4. The fraction of sp³-hybridized carbons (Fsp3) is 1.00. The van der Waals surface area contributed by atoms with Crippen molar-refractivity contribution in [1.29, 1.82) is 0 Å². The van der Waals surface area contributed by atoms with Gasteiger partial charge in [0.2, 0.25) is 0 Å². The lowest BCUT2D eigenvalue weighted by Gasteiger charge is -2.01. The van der Waals surface area contributed by atoms with E-state index in [0.717, 1.165) is 6.42 Å². The van der Waals surface area contributed by atoms with Gasteiger partial charge < -0.3 is 14.9 Å². The lowest BCUT2D eigenvalue weighted by Crippen LogP contribution is -1.84. The van der Waals surface area contributed by atoms with Crippen molar-refractivity contribution < 1.29 is 28.3 Å². The standard InChI is InChI=1S/C13H28O.H4O5P2/c1-2-3-4-5-6-7-8-9-10-11-12-13-14;1-6(2)5-7(3)4/h14H,2-13H2,1H3;6-7H,(H,1,2)(H,3,4). The number of unbranched alkanes of at least 4 members (excludes halogenated alkanes) is 10. The van der Waals surface area contributed by atoms with Crippen LogP contribution in [0, 0.1) is 0 Å². The number of hydrogen-bond acceptors (Lipinski definition) is 4. The average Bonchev–Trinajstić information content (AvgIpc) is 2.40. The van der Waals surface area contributed by atoms with Gasteiger partial charge in [0, 0.05) is 6.61 Å². The molecule has 130 valence electrons. The van der Waals surface area contributed by atoms with E-state index in [1.807, 2.05) is 0 Å². The first-order valence-electron chi connectivity index (χ1n) is 7.79. The monoisotopic (exact) mass is 346 g/mol. The molecule has 2 unspecified atom stereocenters. The van der Waals surface area contributed by atoms with Crippen molar-refractivity contribution in [3.63, 3.8) is 0 Å². The molecular weight excluding hydrogens is 314 g/mol. The summed E-state index contributed by atoms with van der Waals surface area (Å²) >= 11 is 0. The predicted octanol–water partition coefficient (Wildman–Crippen LogP) is 4.06. The highest BCUT2D eigenvalue weighted by Gasteiger charge is 1.93. The third kappa shape index (κ3) is 29.0. The molecule has 0 spiro atoms. The summed E-state index contributed by atoms with van der Waals surface area (Å²) in [6.45, 7) is 2.64. The van der Waals surface area contributed by atoms with Gasteiger partial charge in [0.05, 0.1) is 0 Å². The molecule has 0 amide bonds. The summed E-state index contributed by atoms with van der Waals surface area (Å²) in [7, 11) is -6.40. The van der Waals surface area contributed by atoms with E-state index in [1.165, 1.54) is 64.2 Å². The first-order valence-corrected chi connectivity index (χ1v) is 10.3. The topological polar surface area (TPSA) is 104 Å². The number of aliphatic hydroxyl groups excluding tert-OH is 1. The van der Waals surface area contributed by atoms with Gasteiger partial charge in [0.25, 0.3) is 0 Å². The van der Waals surface area contributed by atoms with Gasteiger partial charge in [-0.1, -0.05) is 71.1 Å². The van der Waals surface area contributed by atoms with Crippen molar-refractivity contribution in [2.45, 2.75) is 77.6 Å². The van der Waals surface area contributed by atoms with Crippen LogP contribution in [-0.2, 0) is 13.4 Å². The van der Waals surface area contributed by atoms with Crippen molar-refractivity contribution in [2.24, 2.45) is 0 Å². The fourth-order valence-corrected chi connectivity index (χ4v) is 2.45. The number of rotatable bonds is 13. The zero-order valence-corrected chi connectivity index (χ0v) is 15.1. The Bertz CT molecular complexity index is 227. The number of hydrogen-bond donors (Lipinski definition) is 3. The normalized spacial score (nSPS) is 13.3. The van der Waals surface area contributed by atoms with Crippen LogP contribution < -0.4 is 0 Å². The third-order valence-corrected chi connectivity index (χ3v) is 4.33. The Hall–Kier alpha value is 0.300. The molecule has 0 bridgehead atoms. The Kier molecular flexibility index (Phi) is 22.8. The van der Waals surface area contributed by atoms with Gasteiger partial charge >= 0.3 is 16.5 Å². The van der Waals surface area contributed by atoms with Gasteiger partial charge in [-0.25, -0.2) is 4.31 Å². The van der Waals surface area contributed by atoms with Gasteiger partial charge in [0.1, 0.15) is 0 Å². The van der Waals surface area contributed by atoms with Crippen LogP contribution in [0.4, 0.5) is 0 Å². The zero-order chi connectivity index (χ0) is 16.3. The molecule has 8 heteroatoms. The fourth-order valence-electron chi connectivity index (χ4n) is 1.85. The van der Waals surface area contributed by atoms with E-state index in [1.54, 1.807) is 0 Å². The maximum atomic E-state index is 9.44. The quantitative estimate of drug-likeness (QED) is 0.343. The molecule has 0 aliphatic heterocycles. The van der Waals surface area contributed by atoms with Crippen LogP contribution in [0.1, 0.15) is 77.6 Å². The molecule has 6 nitrogen and oxygen atoms in total. The van der Waals surface area contributed by atoms with Crippen LogP contribution in [0.2, 0.25) is 0 Å². The molecule has 0 fully saturated rings. The molecule has 0 aromatic carbocycles. The minimum atomic E-state index is -3.20. The van der Waals surface area contributed by atoms with E-state index in [-0.39, 0.29) is 0 Å². The van der Waals surface area contributed by atoms with Crippen molar-refractivity contribution >= 4 is 16.5 Å². The molecule has 0 aliphatic rings. The van der Waals surface area contributed by atoms with Crippen LogP contribution in [0.15, 0.2) is 0 Å². The summed E-state index contributed by atoms with van der Waals surface area (Å²) in [5.74, 6) is 0.